The highest BCUT2D eigenvalue weighted by Crippen LogP contribution is 2.25. The predicted molar refractivity (Wildman–Crippen MR) is 91.6 cm³/mol. The van der Waals surface area contributed by atoms with Crippen molar-refractivity contribution in [1.82, 2.24) is 0 Å². The quantitative estimate of drug-likeness (QED) is 0.841. The molecular weight excluding hydrogens is 290 g/mol. The Bertz CT molecular complexity index is 630. The van der Waals surface area contributed by atoms with Gasteiger partial charge in [0, 0.05) is 5.69 Å². The van der Waals surface area contributed by atoms with Gasteiger partial charge in [0.1, 0.15) is 11.4 Å². The minimum Gasteiger partial charge on any atom is -0.497 e. The first-order valence-corrected chi connectivity index (χ1v) is 7.57. The third-order valence-corrected chi connectivity index (χ3v) is 3.18. The molecule has 0 spiro atoms. The minimum atomic E-state index is -0.581. The first-order chi connectivity index (χ1) is 10.9. The average Bonchev–Trinajstić information content (AvgIpc) is 2.52. The molecule has 23 heavy (non-hydrogen) atoms. The van der Waals surface area contributed by atoms with E-state index in [4.69, 9.17) is 9.47 Å². The fourth-order valence-electron chi connectivity index (χ4n) is 2.14. The van der Waals surface area contributed by atoms with Crippen molar-refractivity contribution in [3.05, 3.63) is 60.2 Å². The van der Waals surface area contributed by atoms with Gasteiger partial charge in [-0.2, -0.15) is 0 Å². The monoisotopic (exact) mass is 313 g/mol. The summed E-state index contributed by atoms with van der Waals surface area (Å²) in [6.45, 7) is 5.58. The van der Waals surface area contributed by atoms with Crippen LogP contribution in [0.2, 0.25) is 0 Å². The van der Waals surface area contributed by atoms with Crippen molar-refractivity contribution < 1.29 is 14.3 Å². The Labute approximate surface area is 137 Å². The Balaban J connectivity index is 2.27. The summed E-state index contributed by atoms with van der Waals surface area (Å²) in [4.78, 5) is 12.6. The van der Waals surface area contributed by atoms with Crippen molar-refractivity contribution in [2.24, 2.45) is 0 Å². The van der Waals surface area contributed by atoms with E-state index in [0.717, 1.165) is 17.0 Å². The summed E-state index contributed by atoms with van der Waals surface area (Å²) >= 11 is 0. The van der Waals surface area contributed by atoms with Gasteiger partial charge in [0.05, 0.1) is 7.11 Å². The van der Waals surface area contributed by atoms with Gasteiger partial charge in [-0.25, -0.2) is 4.79 Å². The third kappa shape index (κ3) is 5.02. The molecule has 0 aromatic heterocycles. The largest absolute Gasteiger partial charge is 0.497 e. The maximum Gasteiger partial charge on any atom is 0.333 e. The number of hydrogen-bond donors (Lipinski definition) is 1. The van der Waals surface area contributed by atoms with Gasteiger partial charge in [-0.15, -0.1) is 0 Å². The molecule has 0 amide bonds. The summed E-state index contributed by atoms with van der Waals surface area (Å²) in [5, 5.41) is 3.24. The van der Waals surface area contributed by atoms with Gasteiger partial charge in [0.25, 0.3) is 0 Å². The zero-order valence-corrected chi connectivity index (χ0v) is 14.0. The molecule has 0 aliphatic rings. The number of carbonyl (C=O) groups is 1. The molecule has 0 bridgehead atoms. The second-order valence-corrected chi connectivity index (χ2v) is 6.25. The Kier molecular flexibility index (Phi) is 5.27. The van der Waals surface area contributed by atoms with Crippen molar-refractivity contribution in [2.75, 3.05) is 12.4 Å². The van der Waals surface area contributed by atoms with Crippen LogP contribution >= 0.6 is 0 Å². The molecule has 122 valence electrons. The van der Waals surface area contributed by atoms with Crippen molar-refractivity contribution >= 4 is 11.7 Å². The van der Waals surface area contributed by atoms with E-state index in [2.05, 4.69) is 5.32 Å². The lowest BCUT2D eigenvalue weighted by atomic mass is 10.1. The van der Waals surface area contributed by atoms with E-state index >= 15 is 0 Å². The highest BCUT2D eigenvalue weighted by atomic mass is 16.6. The van der Waals surface area contributed by atoms with E-state index in [1.165, 1.54) is 0 Å². The molecule has 0 radical (unpaired) electrons. The van der Waals surface area contributed by atoms with E-state index in [1.807, 2.05) is 75.4 Å². The van der Waals surface area contributed by atoms with Crippen LogP contribution in [-0.2, 0) is 9.53 Å². The number of methoxy groups -OCH3 is 1. The number of carbonyl (C=O) groups excluding carboxylic acids is 1. The number of hydrogen-bond acceptors (Lipinski definition) is 4. The Morgan fingerprint density at radius 1 is 1.00 bits per heavy atom. The maximum atomic E-state index is 12.6. The molecule has 0 aliphatic carbocycles. The number of ether oxygens (including phenoxy) is 2. The number of nitrogens with one attached hydrogen (secondary N) is 1. The van der Waals surface area contributed by atoms with Crippen LogP contribution in [0.15, 0.2) is 54.6 Å². The molecule has 4 heteroatoms. The van der Waals surface area contributed by atoms with Crippen LogP contribution in [0.4, 0.5) is 5.69 Å². The van der Waals surface area contributed by atoms with E-state index in [-0.39, 0.29) is 5.97 Å². The summed E-state index contributed by atoms with van der Waals surface area (Å²) in [6, 6.07) is 16.4. The lowest BCUT2D eigenvalue weighted by Gasteiger charge is -2.25. The van der Waals surface area contributed by atoms with E-state index < -0.39 is 11.6 Å². The van der Waals surface area contributed by atoms with Gasteiger partial charge < -0.3 is 14.8 Å². The van der Waals surface area contributed by atoms with Gasteiger partial charge in [0.2, 0.25) is 0 Å². The number of anilines is 1. The Hall–Kier alpha value is -2.49. The van der Waals surface area contributed by atoms with Crippen LogP contribution in [0.25, 0.3) is 0 Å². The molecule has 4 nitrogen and oxygen atoms in total. The normalized spacial score (nSPS) is 12.3. The summed E-state index contributed by atoms with van der Waals surface area (Å²) in [5.74, 6) is 0.433. The highest BCUT2D eigenvalue weighted by molar-refractivity contribution is 5.81. The molecule has 0 aliphatic heterocycles. The first-order valence-electron chi connectivity index (χ1n) is 7.57. The van der Waals surface area contributed by atoms with E-state index in [9.17, 15) is 4.79 Å². The van der Waals surface area contributed by atoms with Gasteiger partial charge >= 0.3 is 5.97 Å². The lowest BCUT2D eigenvalue weighted by Crippen LogP contribution is -2.31. The fourth-order valence-corrected chi connectivity index (χ4v) is 2.14. The molecule has 0 saturated carbocycles. The molecule has 2 aromatic rings. The second kappa shape index (κ2) is 7.18. The summed E-state index contributed by atoms with van der Waals surface area (Å²) in [5.41, 5.74) is 1.14. The van der Waals surface area contributed by atoms with Crippen molar-refractivity contribution in [3.8, 4) is 5.75 Å². The van der Waals surface area contributed by atoms with E-state index in [1.54, 1.807) is 7.11 Å². The topological polar surface area (TPSA) is 47.6 Å². The highest BCUT2D eigenvalue weighted by Gasteiger charge is 2.26. The minimum absolute atomic E-state index is 0.313. The molecule has 1 atom stereocenters. The molecule has 0 heterocycles. The smallest absolute Gasteiger partial charge is 0.333 e. The molecule has 1 N–H and O–H groups in total. The van der Waals surface area contributed by atoms with Crippen molar-refractivity contribution in [1.29, 1.82) is 0 Å². The number of para-hydroxylation sites is 1. The van der Waals surface area contributed by atoms with Crippen LogP contribution in [0.3, 0.4) is 0 Å². The van der Waals surface area contributed by atoms with Crippen LogP contribution < -0.4 is 10.1 Å². The molecule has 2 aromatic carbocycles. The SMILES string of the molecule is COc1ccc(C(Nc2ccccc2)C(=O)OC(C)(C)C)cc1. The summed E-state index contributed by atoms with van der Waals surface area (Å²) < 4.78 is 10.7. The van der Waals surface area contributed by atoms with Crippen molar-refractivity contribution in [3.63, 3.8) is 0 Å². The molecule has 2 rings (SSSR count). The van der Waals surface area contributed by atoms with Gasteiger partial charge in [-0.3, -0.25) is 0 Å². The van der Waals surface area contributed by atoms with Gasteiger partial charge in [0.15, 0.2) is 6.04 Å². The number of rotatable bonds is 5. The van der Waals surface area contributed by atoms with E-state index in [0.29, 0.717) is 0 Å². The number of esters is 1. The lowest BCUT2D eigenvalue weighted by molar-refractivity contribution is -0.156. The van der Waals surface area contributed by atoms with Crippen LogP contribution in [-0.4, -0.2) is 18.7 Å². The Morgan fingerprint density at radius 2 is 1.61 bits per heavy atom. The first kappa shape index (κ1) is 16.9. The van der Waals surface area contributed by atoms with Crippen molar-refractivity contribution in [2.45, 2.75) is 32.4 Å². The molecule has 0 saturated heterocycles. The number of benzene rings is 2. The summed E-state index contributed by atoms with van der Waals surface area (Å²) in [6.07, 6.45) is 0. The zero-order chi connectivity index (χ0) is 16.9. The van der Waals surface area contributed by atoms with Crippen LogP contribution in [0.1, 0.15) is 32.4 Å². The van der Waals surface area contributed by atoms with Gasteiger partial charge in [-0.1, -0.05) is 30.3 Å². The summed E-state index contributed by atoms with van der Waals surface area (Å²) in [7, 11) is 1.61. The maximum absolute atomic E-state index is 12.6. The van der Waals surface area contributed by atoms with Crippen LogP contribution in [0.5, 0.6) is 5.75 Å². The van der Waals surface area contributed by atoms with Gasteiger partial charge in [-0.05, 0) is 50.6 Å². The average molecular weight is 313 g/mol. The standard InChI is InChI=1S/C19H23NO3/c1-19(2,3)23-18(21)17(20-15-8-6-5-7-9-15)14-10-12-16(22-4)13-11-14/h5-13,17,20H,1-4H3. The fraction of sp³-hybridized carbons (Fsp3) is 0.316. The second-order valence-electron chi connectivity index (χ2n) is 6.25. The molecular formula is C19H23NO3. The third-order valence-electron chi connectivity index (χ3n) is 3.18. The Morgan fingerprint density at radius 3 is 2.13 bits per heavy atom. The molecule has 0 fully saturated rings. The van der Waals surface area contributed by atoms with Crippen LogP contribution in [0, 0.1) is 0 Å². The molecule has 1 unspecified atom stereocenters. The predicted octanol–water partition coefficient (Wildman–Crippen LogP) is 4.19. The zero-order valence-electron chi connectivity index (χ0n) is 14.0.